The zero-order valence-corrected chi connectivity index (χ0v) is 13.2. The third-order valence-electron chi connectivity index (χ3n) is 2.48. The van der Waals surface area contributed by atoms with Crippen LogP contribution in [0, 0.1) is 2.88 Å². The fraction of sp³-hybridized carbons (Fsp3) is 0.214. The standard InChI is InChI=1S/C14H14INO2S/c15-13-7-6-12(19-13)8-9-16-14(17)18-10-11-4-2-1-3-5-11/h1-7H,8-10H2,(H,16,17). The average molecular weight is 387 g/mol. The highest BCUT2D eigenvalue weighted by molar-refractivity contribution is 14.1. The summed E-state index contributed by atoms with van der Waals surface area (Å²) in [5.74, 6) is 0. The molecule has 0 unspecified atom stereocenters. The van der Waals surface area contributed by atoms with Gasteiger partial charge in [0.1, 0.15) is 6.61 Å². The maximum atomic E-state index is 11.5. The van der Waals surface area contributed by atoms with Crippen LogP contribution < -0.4 is 5.32 Å². The van der Waals surface area contributed by atoms with Crippen molar-refractivity contribution in [3.63, 3.8) is 0 Å². The van der Waals surface area contributed by atoms with E-state index in [4.69, 9.17) is 4.74 Å². The van der Waals surface area contributed by atoms with E-state index in [9.17, 15) is 4.79 Å². The normalized spacial score (nSPS) is 10.2. The highest BCUT2D eigenvalue weighted by atomic mass is 127. The molecule has 1 N–H and O–H groups in total. The van der Waals surface area contributed by atoms with Gasteiger partial charge in [-0.1, -0.05) is 30.3 Å². The number of carbonyl (C=O) groups excluding carboxylic acids is 1. The van der Waals surface area contributed by atoms with E-state index in [0.717, 1.165) is 12.0 Å². The minimum Gasteiger partial charge on any atom is -0.445 e. The third-order valence-corrected chi connectivity index (χ3v) is 4.44. The van der Waals surface area contributed by atoms with Crippen molar-refractivity contribution in [1.29, 1.82) is 0 Å². The van der Waals surface area contributed by atoms with Crippen LogP contribution >= 0.6 is 33.9 Å². The Morgan fingerprint density at radius 3 is 2.68 bits per heavy atom. The molecule has 0 spiro atoms. The van der Waals surface area contributed by atoms with E-state index in [2.05, 4.69) is 40.0 Å². The Balaban J connectivity index is 1.65. The molecule has 0 aliphatic heterocycles. The molecule has 1 aromatic heterocycles. The molecule has 0 fully saturated rings. The fourth-order valence-corrected chi connectivity index (χ4v) is 3.30. The van der Waals surface area contributed by atoms with Gasteiger partial charge in [0.05, 0.1) is 2.88 Å². The number of nitrogens with one attached hydrogen (secondary N) is 1. The highest BCUT2D eigenvalue weighted by Gasteiger charge is 2.03. The van der Waals surface area contributed by atoms with Crippen LogP contribution in [0.4, 0.5) is 4.79 Å². The Labute approximate surface area is 130 Å². The second kappa shape index (κ2) is 7.49. The Morgan fingerprint density at radius 2 is 2.00 bits per heavy atom. The van der Waals surface area contributed by atoms with Crippen LogP contribution in [0.25, 0.3) is 0 Å². The molecule has 0 atom stereocenters. The van der Waals surface area contributed by atoms with Gasteiger partial charge < -0.3 is 10.1 Å². The molecule has 0 bridgehead atoms. The molecular formula is C14H14INO2S. The van der Waals surface area contributed by atoms with Crippen LogP contribution in [-0.4, -0.2) is 12.6 Å². The predicted molar refractivity (Wildman–Crippen MR) is 85.4 cm³/mol. The summed E-state index contributed by atoms with van der Waals surface area (Å²) in [7, 11) is 0. The van der Waals surface area contributed by atoms with Crippen LogP contribution in [0.2, 0.25) is 0 Å². The van der Waals surface area contributed by atoms with Crippen molar-refractivity contribution in [2.24, 2.45) is 0 Å². The fourth-order valence-electron chi connectivity index (χ4n) is 1.55. The molecule has 19 heavy (non-hydrogen) atoms. The smallest absolute Gasteiger partial charge is 0.407 e. The van der Waals surface area contributed by atoms with E-state index in [1.165, 1.54) is 7.76 Å². The van der Waals surface area contributed by atoms with E-state index in [0.29, 0.717) is 13.2 Å². The molecule has 5 heteroatoms. The van der Waals surface area contributed by atoms with Crippen molar-refractivity contribution in [2.75, 3.05) is 6.54 Å². The van der Waals surface area contributed by atoms with E-state index >= 15 is 0 Å². The first-order chi connectivity index (χ1) is 9.24. The average Bonchev–Trinajstić information content (AvgIpc) is 2.83. The molecule has 100 valence electrons. The second-order valence-corrected chi connectivity index (χ2v) is 7.01. The minimum atomic E-state index is -0.366. The van der Waals surface area contributed by atoms with E-state index in [1.54, 1.807) is 11.3 Å². The Morgan fingerprint density at radius 1 is 1.21 bits per heavy atom. The second-order valence-electron chi connectivity index (χ2n) is 3.94. The molecule has 2 aromatic rings. The number of carbonyl (C=O) groups is 1. The first-order valence-electron chi connectivity index (χ1n) is 5.93. The predicted octanol–water partition coefficient (Wildman–Crippen LogP) is 3.82. The minimum absolute atomic E-state index is 0.309. The zero-order chi connectivity index (χ0) is 13.5. The van der Waals surface area contributed by atoms with Crippen molar-refractivity contribution in [3.05, 3.63) is 55.8 Å². The lowest BCUT2D eigenvalue weighted by atomic mass is 10.2. The molecule has 3 nitrogen and oxygen atoms in total. The van der Waals surface area contributed by atoms with Gasteiger partial charge >= 0.3 is 6.09 Å². The van der Waals surface area contributed by atoms with Gasteiger partial charge in [0.2, 0.25) is 0 Å². The first-order valence-corrected chi connectivity index (χ1v) is 7.82. The molecule has 2 rings (SSSR count). The van der Waals surface area contributed by atoms with Gasteiger partial charge in [-0.25, -0.2) is 4.79 Å². The largest absolute Gasteiger partial charge is 0.445 e. The Hall–Kier alpha value is -1.08. The van der Waals surface area contributed by atoms with Crippen molar-refractivity contribution < 1.29 is 9.53 Å². The number of ether oxygens (including phenoxy) is 1. The zero-order valence-electron chi connectivity index (χ0n) is 10.3. The highest BCUT2D eigenvalue weighted by Crippen LogP contribution is 2.18. The summed E-state index contributed by atoms with van der Waals surface area (Å²) in [5.41, 5.74) is 0.991. The lowest BCUT2D eigenvalue weighted by Gasteiger charge is -2.06. The molecule has 1 aromatic carbocycles. The number of amides is 1. The van der Waals surface area contributed by atoms with Crippen LogP contribution in [-0.2, 0) is 17.8 Å². The summed E-state index contributed by atoms with van der Waals surface area (Å²) in [5, 5.41) is 2.75. The number of rotatable bonds is 5. The lowest BCUT2D eigenvalue weighted by molar-refractivity contribution is 0.140. The van der Waals surface area contributed by atoms with Crippen LogP contribution in [0.1, 0.15) is 10.4 Å². The van der Waals surface area contributed by atoms with E-state index in [-0.39, 0.29) is 6.09 Å². The van der Waals surface area contributed by atoms with Crippen molar-refractivity contribution in [1.82, 2.24) is 5.32 Å². The summed E-state index contributed by atoms with van der Waals surface area (Å²) < 4.78 is 6.39. The molecule has 0 saturated heterocycles. The maximum Gasteiger partial charge on any atom is 0.407 e. The molecule has 0 aliphatic carbocycles. The number of hydrogen-bond acceptors (Lipinski definition) is 3. The molecule has 0 aliphatic rings. The lowest BCUT2D eigenvalue weighted by Crippen LogP contribution is -2.26. The van der Waals surface area contributed by atoms with Crippen molar-refractivity contribution >= 4 is 40.0 Å². The van der Waals surface area contributed by atoms with Gasteiger partial charge in [0.25, 0.3) is 0 Å². The Bertz CT molecular complexity index is 527. The van der Waals surface area contributed by atoms with E-state index < -0.39 is 0 Å². The monoisotopic (exact) mass is 387 g/mol. The number of alkyl carbamates (subject to hydrolysis) is 1. The molecule has 0 radical (unpaired) electrons. The first kappa shape index (κ1) is 14.3. The summed E-state index contributed by atoms with van der Waals surface area (Å²) in [4.78, 5) is 12.8. The summed E-state index contributed by atoms with van der Waals surface area (Å²) in [6.07, 6.45) is 0.476. The number of thiophene rings is 1. The van der Waals surface area contributed by atoms with Gasteiger partial charge in [0, 0.05) is 11.4 Å². The van der Waals surface area contributed by atoms with Crippen molar-refractivity contribution in [2.45, 2.75) is 13.0 Å². The van der Waals surface area contributed by atoms with Gasteiger partial charge in [-0.15, -0.1) is 11.3 Å². The van der Waals surface area contributed by atoms with Gasteiger partial charge in [-0.05, 0) is 46.7 Å². The van der Waals surface area contributed by atoms with Crippen LogP contribution in [0.3, 0.4) is 0 Å². The van der Waals surface area contributed by atoms with Gasteiger partial charge in [0.15, 0.2) is 0 Å². The number of benzene rings is 1. The molecule has 1 heterocycles. The van der Waals surface area contributed by atoms with Gasteiger partial charge in [-0.2, -0.15) is 0 Å². The van der Waals surface area contributed by atoms with E-state index in [1.807, 2.05) is 30.3 Å². The third kappa shape index (κ3) is 5.20. The summed E-state index contributed by atoms with van der Waals surface area (Å²) in [6, 6.07) is 13.8. The summed E-state index contributed by atoms with van der Waals surface area (Å²) in [6.45, 7) is 0.911. The maximum absolute atomic E-state index is 11.5. The van der Waals surface area contributed by atoms with Crippen LogP contribution in [0.5, 0.6) is 0 Å². The van der Waals surface area contributed by atoms with Gasteiger partial charge in [-0.3, -0.25) is 0 Å². The van der Waals surface area contributed by atoms with Crippen LogP contribution in [0.15, 0.2) is 42.5 Å². The van der Waals surface area contributed by atoms with Crippen molar-refractivity contribution in [3.8, 4) is 0 Å². The quantitative estimate of drug-likeness (QED) is 0.793. The molecular weight excluding hydrogens is 373 g/mol. The Kier molecular flexibility index (Phi) is 5.65. The SMILES string of the molecule is O=C(NCCc1ccc(I)s1)OCc1ccccc1. The topological polar surface area (TPSA) is 38.3 Å². The number of halogens is 1. The number of hydrogen-bond donors (Lipinski definition) is 1. The summed E-state index contributed by atoms with van der Waals surface area (Å²) >= 11 is 4.04. The molecule has 0 saturated carbocycles. The molecule has 1 amide bonds.